The fourth-order valence-corrected chi connectivity index (χ4v) is 2.64. The lowest BCUT2D eigenvalue weighted by Crippen LogP contribution is -2.46. The minimum absolute atomic E-state index is 0.168. The number of nitrogens with one attached hydrogen (secondary N) is 2. The number of carbonyl (C=O) groups is 1. The number of hydrogen-bond acceptors (Lipinski definition) is 6. The van der Waals surface area contributed by atoms with Crippen LogP contribution in [0.1, 0.15) is 13.8 Å². The maximum absolute atomic E-state index is 11.9. The number of carbonyl (C=O) groups excluding carboxylic acids is 1. The molecule has 1 amide bonds. The van der Waals surface area contributed by atoms with E-state index in [-0.39, 0.29) is 24.7 Å². The van der Waals surface area contributed by atoms with Gasteiger partial charge in [-0.15, -0.1) is 0 Å². The summed E-state index contributed by atoms with van der Waals surface area (Å²) in [5.41, 5.74) is -1.01. The molecule has 10 heteroatoms. The maximum atomic E-state index is 11.9. The van der Waals surface area contributed by atoms with Gasteiger partial charge in [0.2, 0.25) is 15.9 Å². The van der Waals surface area contributed by atoms with Gasteiger partial charge in [0.1, 0.15) is 11.9 Å². The first-order valence-electron chi connectivity index (χ1n) is 6.76. The molecule has 0 unspecified atom stereocenters. The van der Waals surface area contributed by atoms with E-state index in [9.17, 15) is 18.3 Å². The minimum Gasteiger partial charge on any atom is -0.396 e. The Morgan fingerprint density at radius 2 is 2.09 bits per heavy atom. The Labute approximate surface area is 143 Å². The summed E-state index contributed by atoms with van der Waals surface area (Å²) in [6, 6.07) is 3.13. The van der Waals surface area contributed by atoms with Gasteiger partial charge in [-0.2, -0.15) is 0 Å². The van der Waals surface area contributed by atoms with E-state index in [2.05, 4.69) is 31.0 Å². The molecule has 1 heterocycles. The predicted octanol–water partition coefficient (Wildman–Crippen LogP) is 0.0814. The molecule has 0 saturated heterocycles. The number of rotatable bonds is 8. The maximum Gasteiger partial charge on any atom is 0.249 e. The Kier molecular flexibility index (Phi) is 6.93. The quantitative estimate of drug-likeness (QED) is 0.481. The van der Waals surface area contributed by atoms with Crippen molar-refractivity contribution in [3.8, 4) is 0 Å². The van der Waals surface area contributed by atoms with Crippen LogP contribution in [-0.4, -0.2) is 54.5 Å². The van der Waals surface area contributed by atoms with Crippen molar-refractivity contribution in [3.63, 3.8) is 0 Å². The lowest BCUT2D eigenvalue weighted by atomic mass is 9.87. The van der Waals surface area contributed by atoms with Gasteiger partial charge < -0.3 is 15.5 Å². The van der Waals surface area contributed by atoms with Crippen LogP contribution < -0.4 is 10.0 Å². The van der Waals surface area contributed by atoms with Gasteiger partial charge in [-0.25, -0.2) is 13.4 Å². The average molecular weight is 410 g/mol. The molecule has 23 heavy (non-hydrogen) atoms. The molecule has 1 aromatic rings. The highest BCUT2D eigenvalue weighted by Crippen LogP contribution is 2.19. The number of amides is 1. The highest BCUT2D eigenvalue weighted by atomic mass is 79.9. The van der Waals surface area contributed by atoms with Crippen LogP contribution in [0.4, 0.5) is 5.82 Å². The summed E-state index contributed by atoms with van der Waals surface area (Å²) < 4.78 is 26.7. The number of hydrogen-bond donors (Lipinski definition) is 4. The summed E-state index contributed by atoms with van der Waals surface area (Å²) in [5.74, 6) is -0.940. The van der Waals surface area contributed by atoms with Crippen molar-refractivity contribution in [3.05, 3.63) is 22.8 Å². The highest BCUT2D eigenvalue weighted by molar-refractivity contribution is 9.10. The van der Waals surface area contributed by atoms with Crippen molar-refractivity contribution in [1.82, 2.24) is 10.3 Å². The predicted molar refractivity (Wildman–Crippen MR) is 89.2 cm³/mol. The number of aliphatic hydroxyl groups excluding tert-OH is 2. The van der Waals surface area contributed by atoms with Gasteiger partial charge in [-0.05, 0) is 28.1 Å². The first kappa shape index (κ1) is 19.8. The van der Waals surface area contributed by atoms with Crippen LogP contribution >= 0.6 is 15.9 Å². The number of nitrogens with zero attached hydrogens (tertiary/aromatic N) is 1. The lowest BCUT2D eigenvalue weighted by Gasteiger charge is -2.27. The molecule has 1 atom stereocenters. The number of sulfonamides is 1. The summed E-state index contributed by atoms with van der Waals surface area (Å²) in [7, 11) is -3.68. The third-order valence-electron chi connectivity index (χ3n) is 3.05. The van der Waals surface area contributed by atoms with Gasteiger partial charge in [0.05, 0.1) is 12.4 Å². The summed E-state index contributed by atoms with van der Waals surface area (Å²) in [6.07, 6.45) is 0.0174. The molecule has 0 fully saturated rings. The minimum atomic E-state index is -3.68. The Morgan fingerprint density at radius 1 is 1.43 bits per heavy atom. The summed E-state index contributed by atoms with van der Waals surface area (Å²) in [5, 5.41) is 21.2. The van der Waals surface area contributed by atoms with E-state index < -0.39 is 27.4 Å². The molecule has 0 bridgehead atoms. The first-order valence-corrected chi connectivity index (χ1v) is 9.20. The van der Waals surface area contributed by atoms with E-state index in [1.54, 1.807) is 6.07 Å². The van der Waals surface area contributed by atoms with Crippen LogP contribution in [0, 0.1) is 5.41 Å². The molecular formula is C13H20BrN3O5S. The molecule has 0 saturated carbocycles. The zero-order valence-corrected chi connectivity index (χ0v) is 15.2. The zero-order valence-electron chi connectivity index (χ0n) is 12.8. The Morgan fingerprint density at radius 3 is 2.61 bits per heavy atom. The second-order valence-corrected chi connectivity index (χ2v) is 8.38. The van der Waals surface area contributed by atoms with Gasteiger partial charge in [0.25, 0.3) is 0 Å². The highest BCUT2D eigenvalue weighted by Gasteiger charge is 2.32. The van der Waals surface area contributed by atoms with Crippen molar-refractivity contribution in [2.45, 2.75) is 20.0 Å². The molecule has 130 valence electrons. The van der Waals surface area contributed by atoms with E-state index in [0.29, 0.717) is 4.47 Å². The Bertz CT molecular complexity index is 634. The second kappa shape index (κ2) is 8.04. The van der Waals surface area contributed by atoms with E-state index in [1.165, 1.54) is 26.1 Å². The van der Waals surface area contributed by atoms with Gasteiger partial charge in [0, 0.05) is 22.6 Å². The van der Waals surface area contributed by atoms with Crippen molar-refractivity contribution in [1.29, 1.82) is 0 Å². The van der Waals surface area contributed by atoms with Crippen molar-refractivity contribution in [2.24, 2.45) is 5.41 Å². The van der Waals surface area contributed by atoms with Crippen molar-refractivity contribution < 1.29 is 23.4 Å². The van der Waals surface area contributed by atoms with Crippen LogP contribution in [0.25, 0.3) is 0 Å². The Hall–Kier alpha value is -1.23. The second-order valence-electron chi connectivity index (χ2n) is 5.62. The normalized spacial score (nSPS) is 13.4. The van der Waals surface area contributed by atoms with Gasteiger partial charge in [-0.1, -0.05) is 13.8 Å². The SMILES string of the molecule is CC(C)(CO)[C@@H](O)C(=O)NCCS(=O)(=O)Nc1ccc(Br)cn1. The molecule has 4 N–H and O–H groups in total. The number of aliphatic hydroxyl groups is 2. The third-order valence-corrected chi connectivity index (χ3v) is 4.78. The van der Waals surface area contributed by atoms with Crippen molar-refractivity contribution >= 4 is 37.7 Å². The van der Waals surface area contributed by atoms with Gasteiger partial charge >= 0.3 is 0 Å². The Balaban J connectivity index is 2.51. The molecule has 0 aliphatic rings. The number of halogens is 1. The molecule has 1 aromatic heterocycles. The largest absolute Gasteiger partial charge is 0.396 e. The van der Waals surface area contributed by atoms with E-state index in [0.717, 1.165) is 0 Å². The van der Waals surface area contributed by atoms with Crippen LogP contribution in [0.3, 0.4) is 0 Å². The number of anilines is 1. The molecule has 1 rings (SSSR count). The lowest BCUT2D eigenvalue weighted by molar-refractivity contribution is -0.136. The van der Waals surface area contributed by atoms with Crippen molar-refractivity contribution in [2.75, 3.05) is 23.6 Å². The van der Waals surface area contributed by atoms with Crippen LogP contribution in [0.5, 0.6) is 0 Å². The number of aromatic nitrogens is 1. The first-order chi connectivity index (χ1) is 10.6. The smallest absolute Gasteiger partial charge is 0.249 e. The van der Waals surface area contributed by atoms with Crippen LogP contribution in [0.15, 0.2) is 22.8 Å². The molecular weight excluding hydrogens is 390 g/mol. The van der Waals surface area contributed by atoms with Crippen LogP contribution in [-0.2, 0) is 14.8 Å². The standard InChI is InChI=1S/C13H20BrN3O5S/c1-13(2,8-18)11(19)12(20)15-5-6-23(21,22)17-10-4-3-9(14)7-16-10/h3-4,7,11,18-19H,5-6,8H2,1-2H3,(H,15,20)(H,16,17)/t11-/m0/s1. The average Bonchev–Trinajstić information content (AvgIpc) is 2.48. The van der Waals surface area contributed by atoms with Gasteiger partial charge in [0.15, 0.2) is 0 Å². The van der Waals surface area contributed by atoms with Gasteiger partial charge in [-0.3, -0.25) is 9.52 Å². The molecule has 0 spiro atoms. The van der Waals surface area contributed by atoms with E-state index in [4.69, 9.17) is 5.11 Å². The fraction of sp³-hybridized carbons (Fsp3) is 0.538. The third kappa shape index (κ3) is 6.42. The molecule has 0 aromatic carbocycles. The molecule has 0 radical (unpaired) electrons. The van der Waals surface area contributed by atoms with E-state index in [1.807, 2.05) is 0 Å². The number of pyridine rings is 1. The monoisotopic (exact) mass is 409 g/mol. The molecule has 0 aliphatic carbocycles. The van der Waals surface area contributed by atoms with E-state index >= 15 is 0 Å². The molecule has 0 aliphatic heterocycles. The summed E-state index contributed by atoms with van der Waals surface area (Å²) in [4.78, 5) is 15.6. The summed E-state index contributed by atoms with van der Waals surface area (Å²) in [6.45, 7) is 2.49. The summed E-state index contributed by atoms with van der Waals surface area (Å²) >= 11 is 3.19. The zero-order chi connectivity index (χ0) is 17.7. The van der Waals surface area contributed by atoms with Crippen LogP contribution in [0.2, 0.25) is 0 Å². The topological polar surface area (TPSA) is 129 Å². The fourth-order valence-electron chi connectivity index (χ4n) is 1.49. The molecule has 8 nitrogen and oxygen atoms in total.